The van der Waals surface area contributed by atoms with Gasteiger partial charge in [0.05, 0.1) is 25.5 Å². The van der Waals surface area contributed by atoms with E-state index in [9.17, 15) is 4.79 Å². The van der Waals surface area contributed by atoms with E-state index < -0.39 is 0 Å². The first kappa shape index (κ1) is 17.0. The van der Waals surface area contributed by atoms with Crippen molar-refractivity contribution in [3.05, 3.63) is 89.9 Å². The Hall–Kier alpha value is -3.47. The van der Waals surface area contributed by atoms with Crippen molar-refractivity contribution >= 4 is 17.7 Å². The highest BCUT2D eigenvalue weighted by Gasteiger charge is 2.30. The molecular formula is C22H20N2O3. The number of ether oxygens (including phenoxy) is 1. The van der Waals surface area contributed by atoms with Crippen molar-refractivity contribution in [2.24, 2.45) is 0 Å². The minimum absolute atomic E-state index is 0.0320. The third kappa shape index (κ3) is 3.44. The van der Waals surface area contributed by atoms with E-state index in [-0.39, 0.29) is 12.1 Å². The Balaban J connectivity index is 1.67. The van der Waals surface area contributed by atoms with Gasteiger partial charge in [-0.3, -0.25) is 4.79 Å². The fourth-order valence-corrected chi connectivity index (χ4v) is 3.21. The SMILES string of the molecule is COc1ccccc1/C=C/[C@@H]1Nc2ccccc2C(=O)N1Cc1ccco1. The lowest BCUT2D eigenvalue weighted by Gasteiger charge is -2.35. The normalized spacial score (nSPS) is 16.3. The lowest BCUT2D eigenvalue weighted by molar-refractivity contribution is 0.0690. The number of anilines is 1. The first-order chi connectivity index (χ1) is 13.3. The summed E-state index contributed by atoms with van der Waals surface area (Å²) < 4.78 is 10.9. The number of nitrogens with one attached hydrogen (secondary N) is 1. The molecule has 1 N–H and O–H groups in total. The molecular weight excluding hydrogens is 340 g/mol. The number of carbonyl (C=O) groups excluding carboxylic acids is 1. The van der Waals surface area contributed by atoms with E-state index in [1.54, 1.807) is 18.3 Å². The fraction of sp³-hybridized carbons (Fsp3) is 0.136. The second kappa shape index (κ2) is 7.41. The molecule has 0 bridgehead atoms. The predicted molar refractivity (Wildman–Crippen MR) is 104 cm³/mol. The van der Waals surface area contributed by atoms with Crippen molar-refractivity contribution in [2.75, 3.05) is 12.4 Å². The van der Waals surface area contributed by atoms with Crippen molar-refractivity contribution in [1.82, 2.24) is 4.90 Å². The number of rotatable bonds is 5. The van der Waals surface area contributed by atoms with Crippen molar-refractivity contribution < 1.29 is 13.9 Å². The topological polar surface area (TPSA) is 54.7 Å². The molecule has 0 radical (unpaired) electrons. The van der Waals surface area contributed by atoms with Crippen LogP contribution in [0.15, 0.2) is 77.4 Å². The standard InChI is InChI=1S/C22H20N2O3/c1-26-20-11-5-2-7-16(20)12-13-21-23-19-10-4-3-9-18(19)22(25)24(21)15-17-8-6-14-27-17/h2-14,21,23H,15H2,1H3/b13-12+/t21-/m1/s1. The van der Waals surface area contributed by atoms with Crippen LogP contribution in [0.3, 0.4) is 0 Å². The van der Waals surface area contributed by atoms with Gasteiger partial charge in [-0.2, -0.15) is 0 Å². The molecule has 0 fully saturated rings. The summed E-state index contributed by atoms with van der Waals surface area (Å²) in [6.07, 6.45) is 5.24. The summed E-state index contributed by atoms with van der Waals surface area (Å²) in [6, 6.07) is 19.0. The van der Waals surface area contributed by atoms with E-state index in [4.69, 9.17) is 9.15 Å². The molecule has 4 rings (SSSR count). The molecule has 1 amide bonds. The summed E-state index contributed by atoms with van der Waals surface area (Å²) in [4.78, 5) is 14.8. The zero-order valence-corrected chi connectivity index (χ0v) is 15.0. The fourth-order valence-electron chi connectivity index (χ4n) is 3.21. The molecule has 136 valence electrons. The molecule has 3 aromatic rings. The Morgan fingerprint density at radius 3 is 2.74 bits per heavy atom. The molecule has 0 saturated heterocycles. The highest BCUT2D eigenvalue weighted by Crippen LogP contribution is 2.28. The summed E-state index contributed by atoms with van der Waals surface area (Å²) >= 11 is 0. The molecule has 1 aromatic heterocycles. The largest absolute Gasteiger partial charge is 0.496 e. The van der Waals surface area contributed by atoms with Crippen molar-refractivity contribution in [1.29, 1.82) is 0 Å². The molecule has 2 heterocycles. The minimum atomic E-state index is -0.303. The smallest absolute Gasteiger partial charge is 0.258 e. The summed E-state index contributed by atoms with van der Waals surface area (Å²) in [5, 5.41) is 3.43. The van der Waals surface area contributed by atoms with Gasteiger partial charge in [-0.05, 0) is 36.4 Å². The van der Waals surface area contributed by atoms with Crippen LogP contribution in [-0.4, -0.2) is 24.1 Å². The van der Waals surface area contributed by atoms with Crippen LogP contribution < -0.4 is 10.1 Å². The number of para-hydroxylation sites is 2. The monoisotopic (exact) mass is 360 g/mol. The summed E-state index contributed by atoms with van der Waals surface area (Å²) in [6.45, 7) is 0.383. The zero-order chi connectivity index (χ0) is 18.6. The summed E-state index contributed by atoms with van der Waals surface area (Å²) in [5.74, 6) is 1.49. The van der Waals surface area contributed by atoms with Gasteiger partial charge < -0.3 is 19.4 Å². The van der Waals surface area contributed by atoms with E-state index in [2.05, 4.69) is 5.32 Å². The molecule has 0 spiro atoms. The lowest BCUT2D eigenvalue weighted by atomic mass is 10.1. The van der Waals surface area contributed by atoms with Crippen molar-refractivity contribution in [3.8, 4) is 5.75 Å². The van der Waals surface area contributed by atoms with E-state index >= 15 is 0 Å². The third-order valence-electron chi connectivity index (χ3n) is 4.56. The van der Waals surface area contributed by atoms with E-state index in [0.717, 1.165) is 22.8 Å². The number of amides is 1. The maximum absolute atomic E-state index is 13.1. The molecule has 27 heavy (non-hydrogen) atoms. The van der Waals surface area contributed by atoms with Crippen LogP contribution >= 0.6 is 0 Å². The van der Waals surface area contributed by atoms with Gasteiger partial charge in [0.1, 0.15) is 17.7 Å². The molecule has 1 aliphatic heterocycles. The van der Waals surface area contributed by atoms with Crippen LogP contribution in [0.4, 0.5) is 5.69 Å². The summed E-state index contributed by atoms with van der Waals surface area (Å²) in [5.41, 5.74) is 2.44. The lowest BCUT2D eigenvalue weighted by Crippen LogP contribution is -2.47. The first-order valence-corrected chi connectivity index (χ1v) is 8.76. The van der Waals surface area contributed by atoms with Gasteiger partial charge in [-0.15, -0.1) is 0 Å². The number of furan rings is 1. The van der Waals surface area contributed by atoms with Gasteiger partial charge in [-0.25, -0.2) is 0 Å². The Morgan fingerprint density at radius 2 is 1.93 bits per heavy atom. The number of benzene rings is 2. The number of fused-ring (bicyclic) bond motifs is 1. The Bertz CT molecular complexity index is 963. The minimum Gasteiger partial charge on any atom is -0.496 e. The second-order valence-electron chi connectivity index (χ2n) is 6.25. The van der Waals surface area contributed by atoms with E-state index in [0.29, 0.717) is 12.1 Å². The van der Waals surface area contributed by atoms with Gasteiger partial charge in [0.15, 0.2) is 0 Å². The Morgan fingerprint density at radius 1 is 1.11 bits per heavy atom. The van der Waals surface area contributed by atoms with Gasteiger partial charge in [0.25, 0.3) is 5.91 Å². The number of hydrogen-bond donors (Lipinski definition) is 1. The molecule has 0 aliphatic carbocycles. The van der Waals surface area contributed by atoms with Crippen LogP contribution in [0.5, 0.6) is 5.75 Å². The van der Waals surface area contributed by atoms with Crippen molar-refractivity contribution in [2.45, 2.75) is 12.7 Å². The van der Waals surface area contributed by atoms with Crippen LogP contribution in [-0.2, 0) is 6.54 Å². The molecule has 5 nitrogen and oxygen atoms in total. The number of carbonyl (C=O) groups is 1. The molecule has 5 heteroatoms. The van der Waals surface area contributed by atoms with Crippen LogP contribution in [0.25, 0.3) is 6.08 Å². The van der Waals surface area contributed by atoms with Gasteiger partial charge in [-0.1, -0.05) is 36.4 Å². The maximum Gasteiger partial charge on any atom is 0.258 e. The van der Waals surface area contributed by atoms with Gasteiger partial charge in [0, 0.05) is 11.3 Å². The van der Waals surface area contributed by atoms with Gasteiger partial charge >= 0.3 is 0 Å². The molecule has 0 unspecified atom stereocenters. The Labute approximate surface area is 157 Å². The van der Waals surface area contributed by atoms with E-state index in [1.807, 2.05) is 72.8 Å². The predicted octanol–water partition coefficient (Wildman–Crippen LogP) is 4.40. The highest BCUT2D eigenvalue weighted by molar-refractivity contribution is 6.01. The van der Waals surface area contributed by atoms with Crippen molar-refractivity contribution in [3.63, 3.8) is 0 Å². The second-order valence-corrected chi connectivity index (χ2v) is 6.25. The van der Waals surface area contributed by atoms with E-state index in [1.165, 1.54) is 0 Å². The molecule has 1 atom stereocenters. The van der Waals surface area contributed by atoms with Crippen LogP contribution in [0.2, 0.25) is 0 Å². The average Bonchev–Trinajstić information content (AvgIpc) is 3.22. The van der Waals surface area contributed by atoms with Crippen LogP contribution in [0.1, 0.15) is 21.7 Å². The molecule has 2 aromatic carbocycles. The molecule has 1 aliphatic rings. The first-order valence-electron chi connectivity index (χ1n) is 8.76. The highest BCUT2D eigenvalue weighted by atomic mass is 16.5. The quantitative estimate of drug-likeness (QED) is 0.733. The number of methoxy groups -OCH3 is 1. The maximum atomic E-state index is 13.1. The average molecular weight is 360 g/mol. The Kier molecular flexibility index (Phi) is 4.66. The molecule has 0 saturated carbocycles. The number of nitrogens with zero attached hydrogens (tertiary/aromatic N) is 1. The summed E-state index contributed by atoms with van der Waals surface area (Å²) in [7, 11) is 1.65. The van der Waals surface area contributed by atoms with Crippen LogP contribution in [0, 0.1) is 0 Å². The number of hydrogen-bond acceptors (Lipinski definition) is 4. The van der Waals surface area contributed by atoms with Gasteiger partial charge in [0.2, 0.25) is 0 Å². The third-order valence-corrected chi connectivity index (χ3v) is 4.56. The zero-order valence-electron chi connectivity index (χ0n) is 15.0.